The predicted molar refractivity (Wildman–Crippen MR) is 60.0 cm³/mol. The molecule has 0 fully saturated rings. The largest absolute Gasteiger partial charge is 0.229 e. The molecule has 0 unspecified atom stereocenters. The molecular formula is C11H8ClNS. The first-order valence-corrected chi connectivity index (χ1v) is 5.77. The van der Waals surface area contributed by atoms with E-state index < -0.39 is 0 Å². The van der Waals surface area contributed by atoms with Crippen LogP contribution in [0.5, 0.6) is 0 Å². The molecule has 0 bridgehead atoms. The summed E-state index contributed by atoms with van der Waals surface area (Å²) in [6.45, 7) is 0. The van der Waals surface area contributed by atoms with Gasteiger partial charge in [0.15, 0.2) is 4.47 Å². The average Bonchev–Trinajstić information content (AvgIpc) is 2.59. The molecule has 0 N–H and O–H groups in total. The van der Waals surface area contributed by atoms with Crippen molar-refractivity contribution in [3.05, 3.63) is 40.0 Å². The number of hydrogen-bond acceptors (Lipinski definition) is 2. The van der Waals surface area contributed by atoms with Crippen LogP contribution in [-0.4, -0.2) is 4.98 Å². The lowest BCUT2D eigenvalue weighted by Gasteiger charge is -2.13. The van der Waals surface area contributed by atoms with Crippen molar-refractivity contribution < 1.29 is 0 Å². The van der Waals surface area contributed by atoms with E-state index in [-0.39, 0.29) is 0 Å². The number of aryl methyl sites for hydroxylation is 2. The SMILES string of the molecule is Clc1nc2c(s1)-c1ccccc1CC2. The van der Waals surface area contributed by atoms with Crippen LogP contribution in [0.2, 0.25) is 4.47 Å². The van der Waals surface area contributed by atoms with Gasteiger partial charge >= 0.3 is 0 Å². The number of thiazole rings is 1. The van der Waals surface area contributed by atoms with Crippen LogP contribution in [-0.2, 0) is 12.8 Å². The van der Waals surface area contributed by atoms with E-state index in [4.69, 9.17) is 11.6 Å². The summed E-state index contributed by atoms with van der Waals surface area (Å²) in [6, 6.07) is 8.50. The molecule has 1 aromatic carbocycles. The van der Waals surface area contributed by atoms with Crippen molar-refractivity contribution in [3.63, 3.8) is 0 Å². The number of halogens is 1. The van der Waals surface area contributed by atoms with Crippen LogP contribution in [0, 0.1) is 0 Å². The fraction of sp³-hybridized carbons (Fsp3) is 0.182. The van der Waals surface area contributed by atoms with E-state index in [1.807, 2.05) is 0 Å². The third-order valence-corrected chi connectivity index (χ3v) is 3.80. The van der Waals surface area contributed by atoms with Gasteiger partial charge in [-0.15, -0.1) is 11.3 Å². The van der Waals surface area contributed by atoms with Gasteiger partial charge in [0.2, 0.25) is 0 Å². The molecule has 0 atom stereocenters. The first-order valence-electron chi connectivity index (χ1n) is 4.58. The van der Waals surface area contributed by atoms with Crippen LogP contribution in [0.1, 0.15) is 11.3 Å². The number of nitrogens with zero attached hydrogens (tertiary/aromatic N) is 1. The molecule has 0 amide bonds. The highest BCUT2D eigenvalue weighted by Crippen LogP contribution is 2.38. The first-order chi connectivity index (χ1) is 6.84. The lowest BCUT2D eigenvalue weighted by molar-refractivity contribution is 0.911. The standard InChI is InChI=1S/C11H8ClNS/c12-11-13-9-6-5-7-3-1-2-4-8(7)10(9)14-11/h1-4H,5-6H2. The summed E-state index contributed by atoms with van der Waals surface area (Å²) in [5, 5.41) is 0. The normalized spacial score (nSPS) is 13.5. The Morgan fingerprint density at radius 2 is 2.07 bits per heavy atom. The molecule has 1 aromatic heterocycles. The molecule has 3 heteroatoms. The van der Waals surface area contributed by atoms with Crippen molar-refractivity contribution in [2.75, 3.05) is 0 Å². The van der Waals surface area contributed by atoms with E-state index >= 15 is 0 Å². The molecule has 1 nitrogen and oxygen atoms in total. The van der Waals surface area contributed by atoms with Crippen molar-refractivity contribution in [2.45, 2.75) is 12.8 Å². The number of fused-ring (bicyclic) bond motifs is 3. The Morgan fingerprint density at radius 1 is 1.21 bits per heavy atom. The van der Waals surface area contributed by atoms with Gasteiger partial charge in [-0.1, -0.05) is 35.9 Å². The molecule has 3 rings (SSSR count). The van der Waals surface area contributed by atoms with Crippen LogP contribution >= 0.6 is 22.9 Å². The Labute approximate surface area is 91.4 Å². The molecule has 14 heavy (non-hydrogen) atoms. The van der Waals surface area contributed by atoms with Crippen molar-refractivity contribution in [3.8, 4) is 10.4 Å². The fourth-order valence-electron chi connectivity index (χ4n) is 1.92. The molecule has 1 aliphatic rings. The van der Waals surface area contributed by atoms with Gasteiger partial charge in [0.05, 0.1) is 10.6 Å². The van der Waals surface area contributed by atoms with Crippen molar-refractivity contribution in [1.82, 2.24) is 4.98 Å². The summed E-state index contributed by atoms with van der Waals surface area (Å²) in [4.78, 5) is 5.60. The molecule has 0 radical (unpaired) electrons. The van der Waals surface area contributed by atoms with Crippen LogP contribution in [0.15, 0.2) is 24.3 Å². The Kier molecular flexibility index (Phi) is 1.85. The zero-order valence-electron chi connectivity index (χ0n) is 7.46. The van der Waals surface area contributed by atoms with Gasteiger partial charge in [0.25, 0.3) is 0 Å². The van der Waals surface area contributed by atoms with Gasteiger partial charge in [-0.3, -0.25) is 0 Å². The molecule has 1 aliphatic carbocycles. The topological polar surface area (TPSA) is 12.9 Å². The Balaban J connectivity index is 2.28. The fourth-order valence-corrected chi connectivity index (χ4v) is 3.15. The minimum absolute atomic E-state index is 0.659. The zero-order chi connectivity index (χ0) is 9.54. The number of rotatable bonds is 0. The highest BCUT2D eigenvalue weighted by atomic mass is 35.5. The van der Waals surface area contributed by atoms with E-state index in [1.54, 1.807) is 11.3 Å². The van der Waals surface area contributed by atoms with E-state index in [0.717, 1.165) is 12.8 Å². The lowest BCUT2D eigenvalue weighted by atomic mass is 9.94. The second-order valence-electron chi connectivity index (χ2n) is 3.40. The second kappa shape index (κ2) is 3.07. The van der Waals surface area contributed by atoms with Crippen molar-refractivity contribution in [2.24, 2.45) is 0 Å². The van der Waals surface area contributed by atoms with Crippen LogP contribution in [0.3, 0.4) is 0 Å². The minimum atomic E-state index is 0.659. The lowest BCUT2D eigenvalue weighted by Crippen LogP contribution is -2.01. The Hall–Kier alpha value is -0.860. The highest BCUT2D eigenvalue weighted by Gasteiger charge is 2.19. The van der Waals surface area contributed by atoms with E-state index in [0.29, 0.717) is 4.47 Å². The van der Waals surface area contributed by atoms with Gasteiger partial charge < -0.3 is 0 Å². The minimum Gasteiger partial charge on any atom is -0.229 e. The molecule has 0 spiro atoms. The third kappa shape index (κ3) is 1.18. The number of aromatic nitrogens is 1. The molecule has 0 saturated heterocycles. The monoisotopic (exact) mass is 221 g/mol. The summed E-state index contributed by atoms with van der Waals surface area (Å²) < 4.78 is 0.659. The smallest absolute Gasteiger partial charge is 0.184 e. The summed E-state index contributed by atoms with van der Waals surface area (Å²) in [7, 11) is 0. The number of hydrogen-bond donors (Lipinski definition) is 0. The second-order valence-corrected chi connectivity index (χ2v) is 4.98. The summed E-state index contributed by atoms with van der Waals surface area (Å²) >= 11 is 7.51. The van der Waals surface area contributed by atoms with E-state index in [1.165, 1.54) is 21.7 Å². The van der Waals surface area contributed by atoms with Crippen LogP contribution in [0.4, 0.5) is 0 Å². The van der Waals surface area contributed by atoms with Crippen LogP contribution in [0.25, 0.3) is 10.4 Å². The molecule has 70 valence electrons. The van der Waals surface area contributed by atoms with Gasteiger partial charge in [0.1, 0.15) is 0 Å². The first kappa shape index (κ1) is 8.45. The van der Waals surface area contributed by atoms with Gasteiger partial charge in [-0.2, -0.15) is 0 Å². The Bertz CT molecular complexity index is 490. The summed E-state index contributed by atoms with van der Waals surface area (Å²) in [5.74, 6) is 0. The zero-order valence-corrected chi connectivity index (χ0v) is 9.03. The highest BCUT2D eigenvalue weighted by molar-refractivity contribution is 7.19. The third-order valence-electron chi connectivity index (χ3n) is 2.56. The van der Waals surface area contributed by atoms with E-state index in [2.05, 4.69) is 29.2 Å². The predicted octanol–water partition coefficient (Wildman–Crippen LogP) is 3.56. The maximum atomic E-state index is 5.92. The molecule has 0 saturated carbocycles. The molecular weight excluding hydrogens is 214 g/mol. The Morgan fingerprint density at radius 3 is 3.00 bits per heavy atom. The van der Waals surface area contributed by atoms with Crippen LogP contribution < -0.4 is 0 Å². The summed E-state index contributed by atoms with van der Waals surface area (Å²) in [5.41, 5.74) is 3.90. The average molecular weight is 222 g/mol. The van der Waals surface area contributed by atoms with Gasteiger partial charge in [-0.25, -0.2) is 4.98 Å². The maximum Gasteiger partial charge on any atom is 0.184 e. The number of benzene rings is 1. The van der Waals surface area contributed by atoms with Crippen molar-refractivity contribution >= 4 is 22.9 Å². The quantitative estimate of drug-likeness (QED) is 0.663. The van der Waals surface area contributed by atoms with E-state index in [9.17, 15) is 0 Å². The maximum absolute atomic E-state index is 5.92. The van der Waals surface area contributed by atoms with Crippen molar-refractivity contribution in [1.29, 1.82) is 0 Å². The molecule has 1 heterocycles. The summed E-state index contributed by atoms with van der Waals surface area (Å²) in [6.07, 6.45) is 2.11. The van der Waals surface area contributed by atoms with Gasteiger partial charge in [0, 0.05) is 0 Å². The molecule has 0 aliphatic heterocycles. The van der Waals surface area contributed by atoms with Gasteiger partial charge in [-0.05, 0) is 24.0 Å². The molecule has 2 aromatic rings.